The first-order chi connectivity index (χ1) is 7.92. The van der Waals surface area contributed by atoms with Gasteiger partial charge in [0.25, 0.3) is 0 Å². The third kappa shape index (κ3) is 1.78. The van der Waals surface area contributed by atoms with Gasteiger partial charge in [-0.3, -0.25) is 5.10 Å². The van der Waals surface area contributed by atoms with Crippen LogP contribution in [0.5, 0.6) is 0 Å². The number of hydrogen-bond donors (Lipinski definition) is 2. The van der Waals surface area contributed by atoms with Crippen molar-refractivity contribution in [2.24, 2.45) is 0 Å². The summed E-state index contributed by atoms with van der Waals surface area (Å²) in [6, 6.07) is 4.25. The number of hydrogen-bond acceptors (Lipinski definition) is 3. The number of aryl methyl sites for hydroxylation is 2. The summed E-state index contributed by atoms with van der Waals surface area (Å²) < 4.78 is 0. The van der Waals surface area contributed by atoms with Crippen LogP contribution >= 0.6 is 0 Å². The maximum absolute atomic E-state index is 4.61. The van der Waals surface area contributed by atoms with Gasteiger partial charge in [0.1, 0.15) is 5.82 Å². The van der Waals surface area contributed by atoms with Crippen LogP contribution in [0, 0.1) is 0 Å². The first-order valence-corrected chi connectivity index (χ1v) is 5.62. The molecule has 0 fully saturated rings. The van der Waals surface area contributed by atoms with Crippen molar-refractivity contribution < 1.29 is 0 Å². The van der Waals surface area contributed by atoms with E-state index in [-0.39, 0.29) is 0 Å². The summed E-state index contributed by atoms with van der Waals surface area (Å²) in [5.41, 5.74) is 3.81. The van der Waals surface area contributed by atoms with Crippen LogP contribution in [0.1, 0.15) is 23.2 Å². The highest BCUT2D eigenvalue weighted by molar-refractivity contribution is 5.40. The zero-order chi connectivity index (χ0) is 10.8. The van der Waals surface area contributed by atoms with Crippen molar-refractivity contribution in [1.29, 1.82) is 0 Å². The Hall–Kier alpha value is -1.84. The number of pyridine rings is 1. The van der Waals surface area contributed by atoms with Gasteiger partial charge in [-0.1, -0.05) is 6.07 Å². The summed E-state index contributed by atoms with van der Waals surface area (Å²) in [6.07, 6.45) is 7.26. The summed E-state index contributed by atoms with van der Waals surface area (Å²) in [7, 11) is 0. The number of nitrogens with one attached hydrogen (secondary N) is 2. The molecule has 0 aromatic carbocycles. The molecule has 0 amide bonds. The minimum absolute atomic E-state index is 0.766. The van der Waals surface area contributed by atoms with Crippen molar-refractivity contribution in [1.82, 2.24) is 15.2 Å². The van der Waals surface area contributed by atoms with E-state index in [1.54, 1.807) is 0 Å². The zero-order valence-electron chi connectivity index (χ0n) is 9.03. The van der Waals surface area contributed by atoms with Gasteiger partial charge in [-0.15, -0.1) is 0 Å². The van der Waals surface area contributed by atoms with E-state index in [1.807, 2.05) is 12.4 Å². The number of aromatic amines is 1. The molecular formula is C12H14N4. The lowest BCUT2D eigenvalue weighted by molar-refractivity contribution is 0.899. The van der Waals surface area contributed by atoms with Crippen molar-refractivity contribution in [3.63, 3.8) is 0 Å². The normalized spacial score (nSPS) is 13.8. The highest BCUT2D eigenvalue weighted by Crippen LogP contribution is 2.21. The van der Waals surface area contributed by atoms with Gasteiger partial charge < -0.3 is 5.32 Å². The molecule has 3 rings (SSSR count). The Morgan fingerprint density at radius 3 is 3.19 bits per heavy atom. The maximum Gasteiger partial charge on any atom is 0.126 e. The molecule has 4 heteroatoms. The van der Waals surface area contributed by atoms with Crippen LogP contribution in [0.25, 0.3) is 0 Å². The van der Waals surface area contributed by atoms with Crippen LogP contribution in [0.2, 0.25) is 0 Å². The van der Waals surface area contributed by atoms with Gasteiger partial charge in [0.05, 0.1) is 6.20 Å². The molecule has 0 aliphatic heterocycles. The smallest absolute Gasteiger partial charge is 0.126 e. The van der Waals surface area contributed by atoms with Gasteiger partial charge >= 0.3 is 0 Å². The number of aromatic nitrogens is 3. The van der Waals surface area contributed by atoms with Gasteiger partial charge in [-0.05, 0) is 30.9 Å². The number of anilines is 1. The van der Waals surface area contributed by atoms with E-state index in [4.69, 9.17) is 0 Å². The van der Waals surface area contributed by atoms with Crippen molar-refractivity contribution in [2.45, 2.75) is 25.8 Å². The number of fused-ring (bicyclic) bond motifs is 1. The topological polar surface area (TPSA) is 53.6 Å². The summed E-state index contributed by atoms with van der Waals surface area (Å²) in [5, 5.41) is 10.0. The average Bonchev–Trinajstić information content (AvgIpc) is 2.97. The lowest BCUT2D eigenvalue weighted by Gasteiger charge is -2.05. The third-order valence-electron chi connectivity index (χ3n) is 2.96. The fourth-order valence-corrected chi connectivity index (χ4v) is 2.09. The summed E-state index contributed by atoms with van der Waals surface area (Å²) in [5.74, 6) is 0.960. The fourth-order valence-electron chi connectivity index (χ4n) is 2.09. The first-order valence-electron chi connectivity index (χ1n) is 5.62. The van der Waals surface area contributed by atoms with E-state index in [0.717, 1.165) is 24.3 Å². The largest absolute Gasteiger partial charge is 0.366 e. The Kier molecular flexibility index (Phi) is 2.33. The molecule has 1 aliphatic rings. The van der Waals surface area contributed by atoms with Crippen molar-refractivity contribution in [3.05, 3.63) is 41.3 Å². The monoisotopic (exact) mass is 214 g/mol. The molecule has 2 aromatic rings. The second-order valence-corrected chi connectivity index (χ2v) is 4.12. The maximum atomic E-state index is 4.61. The van der Waals surface area contributed by atoms with Crippen molar-refractivity contribution in [2.75, 3.05) is 5.32 Å². The van der Waals surface area contributed by atoms with E-state index >= 15 is 0 Å². The molecule has 0 saturated carbocycles. The predicted octanol–water partition coefficient (Wildman–Crippen LogP) is 1.91. The lowest BCUT2D eigenvalue weighted by Crippen LogP contribution is -2.02. The summed E-state index contributed by atoms with van der Waals surface area (Å²) in [6.45, 7) is 0.766. The van der Waals surface area contributed by atoms with Gasteiger partial charge in [-0.25, -0.2) is 4.98 Å². The van der Waals surface area contributed by atoms with E-state index in [9.17, 15) is 0 Å². The molecule has 0 bridgehead atoms. The summed E-state index contributed by atoms with van der Waals surface area (Å²) >= 11 is 0. The van der Waals surface area contributed by atoms with E-state index in [1.165, 1.54) is 24.1 Å². The van der Waals surface area contributed by atoms with E-state index in [0.29, 0.717) is 0 Å². The molecule has 0 atom stereocenters. The first kappa shape index (κ1) is 9.39. The minimum atomic E-state index is 0.766. The number of rotatable bonds is 3. The molecule has 2 heterocycles. The van der Waals surface area contributed by atoms with Gasteiger partial charge in [0.15, 0.2) is 0 Å². The third-order valence-corrected chi connectivity index (χ3v) is 2.96. The SMILES string of the molecule is c1n[nH]cc1CNc1ccc2c(n1)CCC2. The molecular weight excluding hydrogens is 200 g/mol. The van der Waals surface area contributed by atoms with Crippen LogP contribution < -0.4 is 5.32 Å². The highest BCUT2D eigenvalue weighted by Gasteiger charge is 2.12. The van der Waals surface area contributed by atoms with E-state index in [2.05, 4.69) is 32.6 Å². The molecule has 0 saturated heterocycles. The van der Waals surface area contributed by atoms with Gasteiger partial charge in [0.2, 0.25) is 0 Å². The standard InChI is InChI=1S/C12H14N4/c1-2-10-4-5-12(16-11(10)3-1)13-6-9-7-14-15-8-9/h4-5,7-8H,1-3,6H2,(H,13,16)(H,14,15). The second-order valence-electron chi connectivity index (χ2n) is 4.12. The van der Waals surface area contributed by atoms with Crippen LogP contribution in [-0.4, -0.2) is 15.2 Å². The number of nitrogens with zero attached hydrogens (tertiary/aromatic N) is 2. The highest BCUT2D eigenvalue weighted by atomic mass is 15.1. The molecule has 16 heavy (non-hydrogen) atoms. The Morgan fingerprint density at radius 2 is 2.31 bits per heavy atom. The van der Waals surface area contributed by atoms with Crippen molar-refractivity contribution in [3.8, 4) is 0 Å². The van der Waals surface area contributed by atoms with Crippen molar-refractivity contribution >= 4 is 5.82 Å². The molecule has 82 valence electrons. The van der Waals surface area contributed by atoms with Gasteiger partial charge in [0, 0.05) is 24.0 Å². The molecule has 4 nitrogen and oxygen atoms in total. The molecule has 1 aliphatic carbocycles. The fraction of sp³-hybridized carbons (Fsp3) is 0.333. The minimum Gasteiger partial charge on any atom is -0.366 e. The quantitative estimate of drug-likeness (QED) is 0.820. The van der Waals surface area contributed by atoms with E-state index < -0.39 is 0 Å². The average molecular weight is 214 g/mol. The summed E-state index contributed by atoms with van der Waals surface area (Å²) in [4.78, 5) is 4.61. The van der Waals surface area contributed by atoms with Crippen LogP contribution in [0.15, 0.2) is 24.5 Å². The molecule has 2 aromatic heterocycles. The predicted molar refractivity (Wildman–Crippen MR) is 62.2 cm³/mol. The molecule has 2 N–H and O–H groups in total. The van der Waals surface area contributed by atoms with Gasteiger partial charge in [-0.2, -0.15) is 5.10 Å². The number of H-pyrrole nitrogens is 1. The lowest BCUT2D eigenvalue weighted by atomic mass is 10.2. The van der Waals surface area contributed by atoms with Crippen LogP contribution in [-0.2, 0) is 19.4 Å². The Morgan fingerprint density at radius 1 is 1.31 bits per heavy atom. The Bertz CT molecular complexity index is 476. The Labute approximate surface area is 94.1 Å². The zero-order valence-corrected chi connectivity index (χ0v) is 9.03. The van der Waals surface area contributed by atoms with Crippen LogP contribution in [0.3, 0.4) is 0 Å². The second kappa shape index (κ2) is 3.96. The molecule has 0 unspecified atom stereocenters. The van der Waals surface area contributed by atoms with Crippen LogP contribution in [0.4, 0.5) is 5.82 Å². The molecule has 0 spiro atoms. The Balaban J connectivity index is 1.71. The molecule has 0 radical (unpaired) electrons.